The average molecular weight is 307 g/mol. The molecule has 0 unspecified atom stereocenters. The van der Waals surface area contributed by atoms with Crippen molar-refractivity contribution in [3.63, 3.8) is 0 Å². The molecule has 0 saturated carbocycles. The summed E-state index contributed by atoms with van der Waals surface area (Å²) in [4.78, 5) is 26.4. The molecular weight excluding hydrogens is 286 g/mol. The van der Waals surface area contributed by atoms with E-state index in [0.29, 0.717) is 19.3 Å². The maximum atomic E-state index is 12.1. The predicted octanol–water partition coefficient (Wildman–Crippen LogP) is 2.78. The first kappa shape index (κ1) is 16.0. The second-order valence-electron chi connectivity index (χ2n) is 5.36. The molecule has 5 heteroatoms. The van der Waals surface area contributed by atoms with Crippen LogP contribution in [0.3, 0.4) is 0 Å². The minimum atomic E-state index is -0.695. The predicted molar refractivity (Wildman–Crippen MR) is 84.0 cm³/mol. The van der Waals surface area contributed by atoms with Crippen molar-refractivity contribution in [2.75, 3.05) is 25.9 Å². The van der Waals surface area contributed by atoms with E-state index < -0.39 is 5.97 Å². The van der Waals surface area contributed by atoms with Gasteiger partial charge in [-0.15, -0.1) is 11.8 Å². The molecule has 2 rings (SSSR count). The number of carboxylic acid groups (broad SMARTS) is 1. The lowest BCUT2D eigenvalue weighted by Gasteiger charge is -2.29. The quantitative estimate of drug-likeness (QED) is 0.647. The fourth-order valence-electron chi connectivity index (χ4n) is 2.58. The van der Waals surface area contributed by atoms with Crippen LogP contribution in [0, 0.1) is 5.92 Å². The number of rotatable bonds is 6. The molecule has 0 bridgehead atoms. The number of Topliss-reactive ketones (excluding diaryl/α,β-unsaturated/α-hetero) is 1. The molecule has 1 N–H and O–H groups in total. The number of aliphatic carboxylic acids is 1. The zero-order chi connectivity index (χ0) is 15.2. The number of ketones is 1. The van der Waals surface area contributed by atoms with Crippen LogP contribution in [0.4, 0.5) is 0 Å². The van der Waals surface area contributed by atoms with Crippen LogP contribution in [0.25, 0.3) is 0 Å². The lowest BCUT2D eigenvalue weighted by molar-refractivity contribution is -0.143. The molecule has 1 aromatic carbocycles. The minimum Gasteiger partial charge on any atom is -0.481 e. The van der Waals surface area contributed by atoms with Crippen LogP contribution in [0.5, 0.6) is 0 Å². The highest BCUT2D eigenvalue weighted by atomic mass is 32.2. The van der Waals surface area contributed by atoms with Crippen molar-refractivity contribution in [2.45, 2.75) is 24.2 Å². The van der Waals surface area contributed by atoms with Crippen LogP contribution in [0.15, 0.2) is 29.2 Å². The van der Waals surface area contributed by atoms with Gasteiger partial charge in [-0.1, -0.05) is 12.1 Å². The standard InChI is InChI=1S/C16H21NO3S/c1-21-14-4-2-12(3-5-14)15(18)8-11-17-9-6-13(7-10-17)16(19)20/h2-5,13H,6-11H2,1H3,(H,19,20). The van der Waals surface area contributed by atoms with Gasteiger partial charge in [-0.3, -0.25) is 9.59 Å². The molecule has 0 spiro atoms. The van der Waals surface area contributed by atoms with Crippen molar-refractivity contribution in [3.05, 3.63) is 29.8 Å². The van der Waals surface area contributed by atoms with E-state index in [9.17, 15) is 9.59 Å². The molecule has 0 aromatic heterocycles. The Hall–Kier alpha value is -1.33. The summed E-state index contributed by atoms with van der Waals surface area (Å²) in [5, 5.41) is 8.96. The molecule has 1 aliphatic rings. The third-order valence-corrected chi connectivity index (χ3v) is 4.75. The van der Waals surface area contributed by atoms with E-state index in [-0.39, 0.29) is 11.7 Å². The number of carbonyl (C=O) groups excluding carboxylic acids is 1. The van der Waals surface area contributed by atoms with Crippen molar-refractivity contribution in [1.82, 2.24) is 4.90 Å². The topological polar surface area (TPSA) is 57.6 Å². The van der Waals surface area contributed by atoms with Gasteiger partial charge in [0.2, 0.25) is 0 Å². The molecular formula is C16H21NO3S. The Bertz CT molecular complexity index is 493. The van der Waals surface area contributed by atoms with Crippen LogP contribution in [-0.2, 0) is 4.79 Å². The highest BCUT2D eigenvalue weighted by Crippen LogP contribution is 2.18. The molecule has 1 aliphatic heterocycles. The third kappa shape index (κ3) is 4.58. The molecule has 0 radical (unpaired) electrons. The van der Waals surface area contributed by atoms with E-state index in [4.69, 9.17) is 5.11 Å². The fraction of sp³-hybridized carbons (Fsp3) is 0.500. The maximum Gasteiger partial charge on any atom is 0.306 e. The molecule has 0 aliphatic carbocycles. The Kier molecular flexibility index (Phi) is 5.82. The Morgan fingerprint density at radius 1 is 1.24 bits per heavy atom. The van der Waals surface area contributed by atoms with Gasteiger partial charge in [-0.25, -0.2) is 0 Å². The smallest absolute Gasteiger partial charge is 0.306 e. The van der Waals surface area contributed by atoms with Crippen LogP contribution in [-0.4, -0.2) is 47.6 Å². The van der Waals surface area contributed by atoms with Crippen molar-refractivity contribution >= 4 is 23.5 Å². The van der Waals surface area contributed by atoms with Gasteiger partial charge in [0.25, 0.3) is 0 Å². The summed E-state index contributed by atoms with van der Waals surface area (Å²) in [6, 6.07) is 7.70. The summed E-state index contributed by atoms with van der Waals surface area (Å²) >= 11 is 1.66. The number of hydrogen-bond donors (Lipinski definition) is 1. The second-order valence-corrected chi connectivity index (χ2v) is 6.24. The normalized spacial score (nSPS) is 16.8. The van der Waals surface area contributed by atoms with Crippen molar-refractivity contribution in [1.29, 1.82) is 0 Å². The number of piperidine rings is 1. The van der Waals surface area contributed by atoms with Gasteiger partial charge in [-0.05, 0) is 44.3 Å². The van der Waals surface area contributed by atoms with Gasteiger partial charge >= 0.3 is 5.97 Å². The molecule has 1 aromatic rings. The first-order chi connectivity index (χ1) is 10.1. The van der Waals surface area contributed by atoms with Crippen LogP contribution in [0.1, 0.15) is 29.6 Å². The summed E-state index contributed by atoms with van der Waals surface area (Å²) in [6.45, 7) is 2.26. The molecule has 1 saturated heterocycles. The lowest BCUT2D eigenvalue weighted by Crippen LogP contribution is -2.37. The summed E-state index contributed by atoms with van der Waals surface area (Å²) in [6.07, 6.45) is 3.88. The summed E-state index contributed by atoms with van der Waals surface area (Å²) < 4.78 is 0. The van der Waals surface area contributed by atoms with Crippen molar-refractivity contribution < 1.29 is 14.7 Å². The third-order valence-electron chi connectivity index (χ3n) is 4.00. The van der Waals surface area contributed by atoms with Crippen LogP contribution in [0.2, 0.25) is 0 Å². The Morgan fingerprint density at radius 2 is 1.86 bits per heavy atom. The minimum absolute atomic E-state index is 0.156. The van der Waals surface area contributed by atoms with Gasteiger partial charge < -0.3 is 10.0 Å². The van der Waals surface area contributed by atoms with E-state index in [1.807, 2.05) is 30.5 Å². The molecule has 21 heavy (non-hydrogen) atoms. The molecule has 1 heterocycles. The van der Waals surface area contributed by atoms with Gasteiger partial charge in [0.1, 0.15) is 0 Å². The monoisotopic (exact) mass is 307 g/mol. The first-order valence-corrected chi connectivity index (χ1v) is 8.45. The molecule has 1 fully saturated rings. The number of benzene rings is 1. The number of nitrogens with zero attached hydrogens (tertiary/aromatic N) is 1. The zero-order valence-corrected chi connectivity index (χ0v) is 13.1. The van der Waals surface area contributed by atoms with Gasteiger partial charge in [-0.2, -0.15) is 0 Å². The van der Waals surface area contributed by atoms with Crippen LogP contribution >= 0.6 is 11.8 Å². The van der Waals surface area contributed by atoms with Gasteiger partial charge in [0.15, 0.2) is 5.78 Å². The molecule has 4 nitrogen and oxygen atoms in total. The summed E-state index contributed by atoms with van der Waals surface area (Å²) in [5.74, 6) is -0.751. The van der Waals surface area contributed by atoms with Crippen molar-refractivity contribution in [2.24, 2.45) is 5.92 Å². The van der Waals surface area contributed by atoms with E-state index in [1.165, 1.54) is 0 Å². The number of carbonyl (C=O) groups is 2. The Balaban J connectivity index is 1.77. The zero-order valence-electron chi connectivity index (χ0n) is 12.2. The first-order valence-electron chi connectivity index (χ1n) is 7.22. The number of thioether (sulfide) groups is 1. The van der Waals surface area contributed by atoms with E-state index >= 15 is 0 Å². The summed E-state index contributed by atoms with van der Waals surface area (Å²) in [5.41, 5.74) is 0.758. The summed E-state index contributed by atoms with van der Waals surface area (Å²) in [7, 11) is 0. The number of likely N-dealkylation sites (tertiary alicyclic amines) is 1. The van der Waals surface area contributed by atoms with Crippen molar-refractivity contribution in [3.8, 4) is 0 Å². The largest absolute Gasteiger partial charge is 0.481 e. The van der Waals surface area contributed by atoms with Gasteiger partial charge in [0.05, 0.1) is 5.92 Å². The fourth-order valence-corrected chi connectivity index (χ4v) is 2.99. The molecule has 0 atom stereocenters. The van der Waals surface area contributed by atoms with Gasteiger partial charge in [0, 0.05) is 23.4 Å². The Labute approximate surface area is 129 Å². The van der Waals surface area contributed by atoms with E-state index in [0.717, 1.165) is 30.1 Å². The lowest BCUT2D eigenvalue weighted by atomic mass is 9.97. The number of carboxylic acids is 1. The molecule has 114 valence electrons. The second kappa shape index (κ2) is 7.61. The van der Waals surface area contributed by atoms with E-state index in [1.54, 1.807) is 11.8 Å². The maximum absolute atomic E-state index is 12.1. The SMILES string of the molecule is CSc1ccc(C(=O)CCN2CCC(C(=O)O)CC2)cc1. The van der Waals surface area contributed by atoms with E-state index in [2.05, 4.69) is 4.90 Å². The highest BCUT2D eigenvalue weighted by molar-refractivity contribution is 7.98. The number of hydrogen-bond acceptors (Lipinski definition) is 4. The molecule has 0 amide bonds. The van der Waals surface area contributed by atoms with Crippen LogP contribution < -0.4 is 0 Å². The highest BCUT2D eigenvalue weighted by Gasteiger charge is 2.24. The Morgan fingerprint density at radius 3 is 2.38 bits per heavy atom. The average Bonchev–Trinajstić information content (AvgIpc) is 2.53.